The molecule has 1 saturated heterocycles. The molecule has 0 bridgehead atoms. The van der Waals surface area contributed by atoms with Gasteiger partial charge in [0, 0.05) is 12.1 Å². The molecule has 1 heterocycles. The highest BCUT2D eigenvalue weighted by molar-refractivity contribution is 8.00. The lowest BCUT2D eigenvalue weighted by Gasteiger charge is -2.23. The second-order valence-corrected chi connectivity index (χ2v) is 4.98. The molecule has 0 aliphatic carbocycles. The van der Waals surface area contributed by atoms with Gasteiger partial charge in [0.05, 0.1) is 12.2 Å². The van der Waals surface area contributed by atoms with Crippen LogP contribution in [0.25, 0.3) is 0 Å². The molecule has 0 radical (unpaired) electrons. The zero-order chi connectivity index (χ0) is 13.1. The summed E-state index contributed by atoms with van der Waals surface area (Å²) in [4.78, 5) is 23.7. The fourth-order valence-corrected chi connectivity index (χ4v) is 3.08. The lowest BCUT2D eigenvalue weighted by atomic mass is 10.2. The van der Waals surface area contributed by atoms with Gasteiger partial charge in [0.2, 0.25) is 5.91 Å². The van der Waals surface area contributed by atoms with Crippen LogP contribution in [-0.4, -0.2) is 34.2 Å². The van der Waals surface area contributed by atoms with Crippen LogP contribution in [0.1, 0.15) is 17.4 Å². The van der Waals surface area contributed by atoms with Gasteiger partial charge in [-0.1, -0.05) is 18.2 Å². The van der Waals surface area contributed by atoms with Crippen molar-refractivity contribution in [1.29, 1.82) is 0 Å². The van der Waals surface area contributed by atoms with Crippen molar-refractivity contribution in [3.8, 4) is 0 Å². The molecule has 1 atom stereocenters. The summed E-state index contributed by atoms with van der Waals surface area (Å²) in [7, 11) is 0. The molecule has 1 amide bonds. The van der Waals surface area contributed by atoms with Crippen molar-refractivity contribution in [2.45, 2.75) is 11.8 Å². The Hall–Kier alpha value is -1.56. The van der Waals surface area contributed by atoms with Gasteiger partial charge in [0.25, 0.3) is 0 Å². The average molecular weight is 269 g/mol. The fraction of sp³-hybridized carbons (Fsp3) is 0.333. The molecule has 96 valence electrons. The molecule has 4 nitrogen and oxygen atoms in total. The Kier molecular flexibility index (Phi) is 3.86. The molecule has 1 fully saturated rings. The van der Waals surface area contributed by atoms with Crippen molar-refractivity contribution in [3.05, 3.63) is 35.6 Å². The van der Waals surface area contributed by atoms with Crippen LogP contribution >= 0.6 is 11.8 Å². The van der Waals surface area contributed by atoms with Gasteiger partial charge < -0.3 is 10.0 Å². The van der Waals surface area contributed by atoms with Gasteiger partial charge in [-0.2, -0.15) is 0 Å². The van der Waals surface area contributed by atoms with Crippen molar-refractivity contribution >= 4 is 23.6 Å². The monoisotopic (exact) mass is 269 g/mol. The van der Waals surface area contributed by atoms with Gasteiger partial charge in [-0.05, 0) is 6.07 Å². The van der Waals surface area contributed by atoms with E-state index in [-0.39, 0.29) is 30.4 Å². The number of hydrogen-bond acceptors (Lipinski definition) is 3. The molecule has 0 aromatic heterocycles. The molecule has 18 heavy (non-hydrogen) atoms. The molecular weight excluding hydrogens is 257 g/mol. The fourth-order valence-electron chi connectivity index (χ4n) is 1.84. The van der Waals surface area contributed by atoms with E-state index in [1.54, 1.807) is 18.2 Å². The minimum atomic E-state index is -0.966. The van der Waals surface area contributed by atoms with Gasteiger partial charge in [-0.3, -0.25) is 9.59 Å². The molecule has 6 heteroatoms. The summed E-state index contributed by atoms with van der Waals surface area (Å²) >= 11 is 1.32. The lowest BCUT2D eigenvalue weighted by Crippen LogP contribution is -2.30. The number of thioether (sulfide) groups is 1. The maximum absolute atomic E-state index is 13.7. The summed E-state index contributed by atoms with van der Waals surface area (Å²) in [6.45, 7) is 0.111. The van der Waals surface area contributed by atoms with Crippen LogP contribution in [0.3, 0.4) is 0 Å². The second kappa shape index (κ2) is 5.39. The number of nitrogens with zero attached hydrogens (tertiary/aromatic N) is 1. The van der Waals surface area contributed by atoms with Crippen molar-refractivity contribution in [2.75, 3.05) is 12.3 Å². The molecule has 1 unspecified atom stereocenters. The second-order valence-electron chi connectivity index (χ2n) is 3.92. The largest absolute Gasteiger partial charge is 0.481 e. The molecule has 1 N–H and O–H groups in total. The van der Waals surface area contributed by atoms with Crippen molar-refractivity contribution in [3.63, 3.8) is 0 Å². The lowest BCUT2D eigenvalue weighted by molar-refractivity contribution is -0.138. The van der Waals surface area contributed by atoms with Crippen LogP contribution in [0.2, 0.25) is 0 Å². The van der Waals surface area contributed by atoms with Gasteiger partial charge in [0.15, 0.2) is 0 Å². The van der Waals surface area contributed by atoms with Gasteiger partial charge >= 0.3 is 5.97 Å². The highest BCUT2D eigenvalue weighted by atomic mass is 32.2. The first-order chi connectivity index (χ1) is 8.59. The van der Waals surface area contributed by atoms with Crippen LogP contribution < -0.4 is 0 Å². The predicted molar refractivity (Wildman–Crippen MR) is 65.6 cm³/mol. The zero-order valence-electron chi connectivity index (χ0n) is 9.51. The van der Waals surface area contributed by atoms with Crippen LogP contribution in [0, 0.1) is 5.82 Å². The van der Waals surface area contributed by atoms with E-state index in [1.807, 2.05) is 0 Å². The van der Waals surface area contributed by atoms with E-state index in [1.165, 1.54) is 22.7 Å². The number of aliphatic carboxylic acids is 1. The smallest absolute Gasteiger partial charge is 0.305 e. The van der Waals surface area contributed by atoms with E-state index < -0.39 is 11.3 Å². The van der Waals surface area contributed by atoms with Crippen molar-refractivity contribution in [2.24, 2.45) is 0 Å². The summed E-state index contributed by atoms with van der Waals surface area (Å²) in [5.41, 5.74) is 0.429. The quantitative estimate of drug-likeness (QED) is 0.906. The number of amides is 1. The van der Waals surface area contributed by atoms with E-state index in [0.717, 1.165) is 0 Å². The SMILES string of the molecule is O=C(O)CCN1C(=O)CSC1c1ccccc1F. The Morgan fingerprint density at radius 3 is 2.89 bits per heavy atom. The number of carboxylic acid groups (broad SMARTS) is 1. The number of carbonyl (C=O) groups is 2. The molecule has 1 aliphatic rings. The van der Waals surface area contributed by atoms with E-state index >= 15 is 0 Å². The summed E-state index contributed by atoms with van der Waals surface area (Å²) in [6.07, 6.45) is -0.128. The molecule has 1 aliphatic heterocycles. The number of carbonyl (C=O) groups excluding carboxylic acids is 1. The highest BCUT2D eigenvalue weighted by Gasteiger charge is 2.34. The summed E-state index contributed by atoms with van der Waals surface area (Å²) in [5, 5.41) is 8.23. The van der Waals surface area contributed by atoms with E-state index in [4.69, 9.17) is 5.11 Å². The number of benzene rings is 1. The average Bonchev–Trinajstić information content (AvgIpc) is 2.68. The molecule has 2 rings (SSSR count). The summed E-state index contributed by atoms with van der Waals surface area (Å²) in [5.74, 6) is -1.22. The van der Waals surface area contributed by atoms with E-state index in [2.05, 4.69) is 0 Å². The molecular formula is C12H12FNO3S. The maximum atomic E-state index is 13.7. The predicted octanol–water partition coefficient (Wildman–Crippen LogP) is 1.87. The number of rotatable bonds is 4. The van der Waals surface area contributed by atoms with Crippen LogP contribution in [0.4, 0.5) is 4.39 Å². The Morgan fingerprint density at radius 1 is 1.50 bits per heavy atom. The Bertz CT molecular complexity index is 480. The maximum Gasteiger partial charge on any atom is 0.305 e. The first-order valence-corrected chi connectivity index (χ1v) is 6.52. The first kappa shape index (κ1) is 12.9. The molecule has 0 spiro atoms. The number of carboxylic acids is 1. The number of halogens is 1. The standard InChI is InChI=1S/C12H12FNO3S/c13-9-4-2-1-3-8(9)12-14(6-5-11(16)17)10(15)7-18-12/h1-4,12H,5-7H2,(H,16,17). The summed E-state index contributed by atoms with van der Waals surface area (Å²) in [6, 6.07) is 6.26. The first-order valence-electron chi connectivity index (χ1n) is 5.47. The Labute approximate surface area is 108 Å². The third kappa shape index (κ3) is 2.64. The zero-order valence-corrected chi connectivity index (χ0v) is 10.3. The number of hydrogen-bond donors (Lipinski definition) is 1. The van der Waals surface area contributed by atoms with Gasteiger partial charge in [-0.15, -0.1) is 11.8 Å². The van der Waals surface area contributed by atoms with Crippen molar-refractivity contribution < 1.29 is 19.1 Å². The highest BCUT2D eigenvalue weighted by Crippen LogP contribution is 2.39. The van der Waals surface area contributed by atoms with Gasteiger partial charge in [0.1, 0.15) is 11.2 Å². The minimum absolute atomic E-state index is 0.111. The molecule has 1 aromatic carbocycles. The topological polar surface area (TPSA) is 57.6 Å². The normalized spacial score (nSPS) is 19.3. The van der Waals surface area contributed by atoms with E-state index in [0.29, 0.717) is 5.56 Å². The Balaban J connectivity index is 2.19. The van der Waals surface area contributed by atoms with Crippen LogP contribution in [0.15, 0.2) is 24.3 Å². The molecule has 0 saturated carbocycles. The van der Waals surface area contributed by atoms with E-state index in [9.17, 15) is 14.0 Å². The summed E-state index contributed by atoms with van der Waals surface area (Å²) < 4.78 is 13.7. The third-order valence-electron chi connectivity index (χ3n) is 2.71. The minimum Gasteiger partial charge on any atom is -0.481 e. The van der Waals surface area contributed by atoms with Crippen LogP contribution in [0.5, 0.6) is 0 Å². The van der Waals surface area contributed by atoms with Gasteiger partial charge in [-0.25, -0.2) is 4.39 Å². The van der Waals surface area contributed by atoms with Crippen molar-refractivity contribution in [1.82, 2.24) is 4.90 Å². The third-order valence-corrected chi connectivity index (χ3v) is 3.94. The van der Waals surface area contributed by atoms with Crippen LogP contribution in [-0.2, 0) is 9.59 Å². The Morgan fingerprint density at radius 2 is 2.22 bits per heavy atom. The molecule has 1 aromatic rings.